The number of aryl methyl sites for hydroxylation is 2. The van der Waals surface area contributed by atoms with E-state index in [9.17, 15) is 12.8 Å². The van der Waals surface area contributed by atoms with E-state index in [0.29, 0.717) is 26.1 Å². The molecule has 1 aliphatic rings. The van der Waals surface area contributed by atoms with Gasteiger partial charge in [-0.05, 0) is 43.5 Å². The van der Waals surface area contributed by atoms with Crippen LogP contribution in [-0.4, -0.2) is 30.1 Å². The van der Waals surface area contributed by atoms with E-state index in [1.54, 1.807) is 6.07 Å². The van der Waals surface area contributed by atoms with E-state index in [2.05, 4.69) is 0 Å². The number of benzene rings is 2. The second kappa shape index (κ2) is 7.64. The lowest BCUT2D eigenvalue weighted by molar-refractivity contribution is 0.274. The highest BCUT2D eigenvalue weighted by Crippen LogP contribution is 2.26. The van der Waals surface area contributed by atoms with E-state index < -0.39 is 16.0 Å². The van der Waals surface area contributed by atoms with Gasteiger partial charge in [0.05, 0.1) is 0 Å². The third-order valence-corrected chi connectivity index (χ3v) is 7.00. The molecule has 1 heterocycles. The van der Waals surface area contributed by atoms with Crippen LogP contribution in [0.25, 0.3) is 0 Å². The van der Waals surface area contributed by atoms with Crippen LogP contribution in [0.1, 0.15) is 28.7 Å². The smallest absolute Gasteiger partial charge is 0.207 e. The fourth-order valence-electron chi connectivity index (χ4n) is 3.16. The minimum Gasteiger partial charge on any atom is -0.207 e. The summed E-state index contributed by atoms with van der Waals surface area (Å²) < 4.78 is 42.9. The number of halogens is 2. The molecule has 1 aliphatic heterocycles. The maximum absolute atomic E-state index is 14.1. The van der Waals surface area contributed by atoms with Gasteiger partial charge in [0, 0.05) is 36.8 Å². The third kappa shape index (κ3) is 3.93. The second-order valence-electron chi connectivity index (χ2n) is 6.66. The van der Waals surface area contributed by atoms with E-state index in [0.717, 1.165) is 16.7 Å². The van der Waals surface area contributed by atoms with Gasteiger partial charge in [-0.2, -0.15) is 17.0 Å². The first-order chi connectivity index (χ1) is 12.3. The van der Waals surface area contributed by atoms with Crippen molar-refractivity contribution in [2.45, 2.75) is 33.4 Å². The van der Waals surface area contributed by atoms with E-state index in [4.69, 9.17) is 11.6 Å². The lowest BCUT2D eigenvalue weighted by atomic mass is 10.1. The van der Waals surface area contributed by atoms with E-state index >= 15 is 0 Å². The molecule has 7 heteroatoms. The summed E-state index contributed by atoms with van der Waals surface area (Å²) in [5, 5.41) is 0.242. The van der Waals surface area contributed by atoms with Gasteiger partial charge in [-0.15, -0.1) is 0 Å². The molecular weight excluding hydrogens is 375 g/mol. The molecule has 0 amide bonds. The van der Waals surface area contributed by atoms with E-state index in [-0.39, 0.29) is 17.1 Å². The minimum atomic E-state index is -3.68. The van der Waals surface area contributed by atoms with Crippen molar-refractivity contribution in [2.24, 2.45) is 0 Å². The SMILES string of the molecule is Cc1ccc(C)c(CN2CCCN(Cc3c(F)cccc3Cl)S2(=O)=O)c1. The predicted octanol–water partition coefficient (Wildman–Crippen LogP) is 4.05. The highest BCUT2D eigenvalue weighted by molar-refractivity contribution is 7.86. The molecule has 0 aromatic heterocycles. The monoisotopic (exact) mass is 396 g/mol. The summed E-state index contributed by atoms with van der Waals surface area (Å²) in [7, 11) is -3.68. The van der Waals surface area contributed by atoms with Crippen molar-refractivity contribution < 1.29 is 12.8 Å². The third-order valence-electron chi connectivity index (χ3n) is 4.72. The molecule has 4 nitrogen and oxygen atoms in total. The van der Waals surface area contributed by atoms with Gasteiger partial charge in [0.1, 0.15) is 5.82 Å². The summed E-state index contributed by atoms with van der Waals surface area (Å²) in [6.45, 7) is 5.03. The lowest BCUT2D eigenvalue weighted by Gasteiger charge is -2.35. The average molecular weight is 397 g/mol. The first kappa shape index (κ1) is 19.3. The van der Waals surface area contributed by atoms with Crippen LogP contribution in [0.2, 0.25) is 5.02 Å². The van der Waals surface area contributed by atoms with Crippen molar-refractivity contribution in [2.75, 3.05) is 13.1 Å². The summed E-state index contributed by atoms with van der Waals surface area (Å²) in [5.74, 6) is -0.487. The molecule has 0 N–H and O–H groups in total. The fourth-order valence-corrected chi connectivity index (χ4v) is 5.02. The van der Waals surface area contributed by atoms with Gasteiger partial charge in [-0.1, -0.05) is 41.4 Å². The molecule has 0 aliphatic carbocycles. The summed E-state index contributed by atoms with van der Waals surface area (Å²) in [4.78, 5) is 0. The van der Waals surface area contributed by atoms with Crippen LogP contribution in [0, 0.1) is 19.7 Å². The van der Waals surface area contributed by atoms with Gasteiger partial charge in [0.2, 0.25) is 0 Å². The Morgan fingerprint density at radius 1 is 1.08 bits per heavy atom. The summed E-state index contributed by atoms with van der Waals surface area (Å²) >= 11 is 6.07. The molecule has 0 radical (unpaired) electrons. The number of nitrogens with zero attached hydrogens (tertiary/aromatic N) is 2. The molecule has 2 aromatic carbocycles. The summed E-state index contributed by atoms with van der Waals surface area (Å²) in [5.41, 5.74) is 3.35. The number of hydrogen-bond donors (Lipinski definition) is 0. The molecule has 1 fully saturated rings. The number of hydrogen-bond acceptors (Lipinski definition) is 2. The molecule has 0 unspecified atom stereocenters. The van der Waals surface area contributed by atoms with Crippen LogP contribution >= 0.6 is 11.6 Å². The molecule has 0 spiro atoms. The Morgan fingerprint density at radius 3 is 2.46 bits per heavy atom. The molecule has 0 bridgehead atoms. The van der Waals surface area contributed by atoms with E-state index in [1.165, 1.54) is 20.7 Å². The molecule has 3 rings (SSSR count). The van der Waals surface area contributed by atoms with Gasteiger partial charge in [-0.3, -0.25) is 0 Å². The quantitative estimate of drug-likeness (QED) is 0.782. The largest absolute Gasteiger partial charge is 0.282 e. The lowest BCUT2D eigenvalue weighted by Crippen LogP contribution is -2.48. The zero-order chi connectivity index (χ0) is 18.9. The molecule has 0 atom stereocenters. The van der Waals surface area contributed by atoms with Gasteiger partial charge in [0.25, 0.3) is 10.2 Å². The molecule has 0 saturated carbocycles. The zero-order valence-corrected chi connectivity index (χ0v) is 16.4. The van der Waals surface area contributed by atoms with Crippen molar-refractivity contribution in [3.63, 3.8) is 0 Å². The Hall–Kier alpha value is -1.47. The zero-order valence-electron chi connectivity index (χ0n) is 14.9. The van der Waals surface area contributed by atoms with Crippen LogP contribution < -0.4 is 0 Å². The molecular formula is C19H22ClFN2O2S. The maximum atomic E-state index is 14.1. The molecule has 26 heavy (non-hydrogen) atoms. The van der Waals surface area contributed by atoms with Gasteiger partial charge < -0.3 is 0 Å². The molecule has 140 valence electrons. The van der Waals surface area contributed by atoms with Crippen molar-refractivity contribution in [3.8, 4) is 0 Å². The van der Waals surface area contributed by atoms with Gasteiger partial charge >= 0.3 is 0 Å². The standard InChI is InChI=1S/C19H22ClFN2O2S/c1-14-7-8-15(2)16(11-14)12-22-9-4-10-23(26(22,24)25)13-17-18(20)5-3-6-19(17)21/h3,5-8,11H,4,9-10,12-13H2,1-2H3. The van der Waals surface area contributed by atoms with Crippen molar-refractivity contribution in [1.82, 2.24) is 8.61 Å². The highest BCUT2D eigenvalue weighted by Gasteiger charge is 2.34. The molecule has 2 aromatic rings. The molecule has 1 saturated heterocycles. The van der Waals surface area contributed by atoms with Crippen molar-refractivity contribution in [1.29, 1.82) is 0 Å². The Labute approximate surface area is 159 Å². The summed E-state index contributed by atoms with van der Waals surface area (Å²) in [6, 6.07) is 10.4. The minimum absolute atomic E-state index is 0.0584. The van der Waals surface area contributed by atoms with Crippen molar-refractivity contribution in [3.05, 3.63) is 69.5 Å². The normalized spacial score (nSPS) is 18.2. The van der Waals surface area contributed by atoms with Crippen LogP contribution in [0.5, 0.6) is 0 Å². The van der Waals surface area contributed by atoms with Gasteiger partial charge in [0.15, 0.2) is 0 Å². The first-order valence-corrected chi connectivity index (χ1v) is 10.3. The Morgan fingerprint density at radius 2 is 1.77 bits per heavy atom. The summed E-state index contributed by atoms with van der Waals surface area (Å²) in [6.07, 6.45) is 0.691. The average Bonchev–Trinajstić information content (AvgIpc) is 2.57. The highest BCUT2D eigenvalue weighted by atomic mass is 35.5. The van der Waals surface area contributed by atoms with Crippen LogP contribution in [0.15, 0.2) is 36.4 Å². The van der Waals surface area contributed by atoms with E-state index in [1.807, 2.05) is 32.0 Å². The predicted molar refractivity (Wildman–Crippen MR) is 102 cm³/mol. The Kier molecular flexibility index (Phi) is 5.67. The van der Waals surface area contributed by atoms with Crippen LogP contribution in [0.4, 0.5) is 4.39 Å². The van der Waals surface area contributed by atoms with Crippen LogP contribution in [0.3, 0.4) is 0 Å². The first-order valence-electron chi connectivity index (χ1n) is 8.53. The fraction of sp³-hybridized carbons (Fsp3) is 0.368. The van der Waals surface area contributed by atoms with Gasteiger partial charge in [-0.25, -0.2) is 4.39 Å². The topological polar surface area (TPSA) is 40.6 Å². The Bertz CT molecular complexity index is 898. The van der Waals surface area contributed by atoms with Crippen LogP contribution in [-0.2, 0) is 23.3 Å². The maximum Gasteiger partial charge on any atom is 0.282 e. The Balaban J connectivity index is 1.85. The second-order valence-corrected chi connectivity index (χ2v) is 8.99. The number of rotatable bonds is 4. The van der Waals surface area contributed by atoms with Crippen molar-refractivity contribution >= 4 is 21.8 Å².